The highest BCUT2D eigenvalue weighted by Gasteiger charge is 2.11. The molecule has 3 heteroatoms. The molecule has 0 saturated carbocycles. The molecule has 0 saturated heterocycles. The molecule has 1 atom stereocenters. The first-order valence-electron chi connectivity index (χ1n) is 6.26. The van der Waals surface area contributed by atoms with Crippen LogP contribution in [0.3, 0.4) is 0 Å². The zero-order chi connectivity index (χ0) is 12.7. The number of hydrogen-bond donors (Lipinski definition) is 0. The molecule has 0 N–H and O–H groups in total. The summed E-state index contributed by atoms with van der Waals surface area (Å²) in [6.07, 6.45) is 2.28. The maximum Gasteiger partial charge on any atom is 0.161 e. The molecule has 0 radical (unpaired) electrons. The van der Waals surface area contributed by atoms with Gasteiger partial charge < -0.3 is 9.47 Å². The molecule has 1 unspecified atom stereocenters. The molecular weight excluding hydrogens is 280 g/mol. The second-order valence-corrected chi connectivity index (χ2v) is 4.93. The van der Waals surface area contributed by atoms with E-state index in [1.54, 1.807) is 0 Å². The maximum absolute atomic E-state index is 5.61. The molecule has 0 heterocycles. The Morgan fingerprint density at radius 3 is 2.29 bits per heavy atom. The number of halogens is 1. The third kappa shape index (κ3) is 4.23. The molecular formula is C14H21BrO2. The number of benzene rings is 1. The highest BCUT2D eigenvalue weighted by molar-refractivity contribution is 9.09. The van der Waals surface area contributed by atoms with E-state index in [4.69, 9.17) is 9.47 Å². The number of alkyl halides is 1. The quantitative estimate of drug-likeness (QED) is 0.678. The standard InChI is InChI=1S/C14H21BrO2/c1-4-7-12(15)11-8-9-13(16-5-2)14(10-11)17-6-3/h8-10,12H,4-7H2,1-3H3. The van der Waals surface area contributed by atoms with Gasteiger partial charge in [0.15, 0.2) is 11.5 Å². The Kier molecular flexibility index (Phi) is 6.41. The Balaban J connectivity index is 2.91. The Morgan fingerprint density at radius 1 is 1.06 bits per heavy atom. The lowest BCUT2D eigenvalue weighted by atomic mass is 10.1. The van der Waals surface area contributed by atoms with E-state index in [9.17, 15) is 0 Å². The molecule has 0 spiro atoms. The first-order chi connectivity index (χ1) is 8.22. The minimum atomic E-state index is 0.391. The summed E-state index contributed by atoms with van der Waals surface area (Å²) >= 11 is 3.70. The fourth-order valence-electron chi connectivity index (χ4n) is 1.68. The predicted octanol–water partition coefficient (Wildman–Crippen LogP) is 4.72. The van der Waals surface area contributed by atoms with E-state index in [1.165, 1.54) is 5.56 Å². The van der Waals surface area contributed by atoms with Crippen LogP contribution in [0.25, 0.3) is 0 Å². The lowest BCUT2D eigenvalue weighted by molar-refractivity contribution is 0.287. The van der Waals surface area contributed by atoms with Gasteiger partial charge in [0.1, 0.15) is 0 Å². The summed E-state index contributed by atoms with van der Waals surface area (Å²) < 4.78 is 11.2. The van der Waals surface area contributed by atoms with Crippen molar-refractivity contribution >= 4 is 15.9 Å². The summed E-state index contributed by atoms with van der Waals surface area (Å²) in [5, 5.41) is 0. The summed E-state index contributed by atoms with van der Waals surface area (Å²) in [6, 6.07) is 6.17. The molecule has 17 heavy (non-hydrogen) atoms. The molecule has 0 fully saturated rings. The molecule has 0 bridgehead atoms. The average molecular weight is 301 g/mol. The topological polar surface area (TPSA) is 18.5 Å². The van der Waals surface area contributed by atoms with Crippen molar-refractivity contribution in [1.82, 2.24) is 0 Å². The van der Waals surface area contributed by atoms with Crippen LogP contribution in [0, 0.1) is 0 Å². The van der Waals surface area contributed by atoms with Crippen molar-refractivity contribution in [3.63, 3.8) is 0 Å². The van der Waals surface area contributed by atoms with Gasteiger partial charge in [0.05, 0.1) is 13.2 Å². The van der Waals surface area contributed by atoms with Crippen LogP contribution in [0.4, 0.5) is 0 Å². The summed E-state index contributed by atoms with van der Waals surface area (Å²) in [6.45, 7) is 7.47. The molecule has 2 nitrogen and oxygen atoms in total. The third-order valence-corrected chi connectivity index (χ3v) is 3.46. The zero-order valence-electron chi connectivity index (χ0n) is 10.8. The summed E-state index contributed by atoms with van der Waals surface area (Å²) in [5.74, 6) is 1.67. The molecule has 1 rings (SSSR count). The van der Waals surface area contributed by atoms with Gasteiger partial charge in [0, 0.05) is 4.83 Å². The molecule has 1 aromatic carbocycles. The normalized spacial score (nSPS) is 12.2. The van der Waals surface area contributed by atoms with E-state index in [-0.39, 0.29) is 0 Å². The van der Waals surface area contributed by atoms with Crippen LogP contribution in [0.1, 0.15) is 44.0 Å². The minimum absolute atomic E-state index is 0.391. The van der Waals surface area contributed by atoms with E-state index in [1.807, 2.05) is 19.9 Å². The van der Waals surface area contributed by atoms with Crippen LogP contribution >= 0.6 is 15.9 Å². The van der Waals surface area contributed by atoms with Gasteiger partial charge in [-0.1, -0.05) is 35.3 Å². The predicted molar refractivity (Wildman–Crippen MR) is 75.4 cm³/mol. The fourth-order valence-corrected chi connectivity index (χ4v) is 2.43. The fraction of sp³-hybridized carbons (Fsp3) is 0.571. The first kappa shape index (κ1) is 14.4. The van der Waals surface area contributed by atoms with Gasteiger partial charge in [-0.05, 0) is 38.0 Å². The third-order valence-electron chi connectivity index (χ3n) is 2.47. The van der Waals surface area contributed by atoms with Gasteiger partial charge >= 0.3 is 0 Å². The Morgan fingerprint density at radius 2 is 1.71 bits per heavy atom. The Bertz CT molecular complexity index is 339. The van der Waals surface area contributed by atoms with E-state index in [0.29, 0.717) is 18.0 Å². The van der Waals surface area contributed by atoms with E-state index in [2.05, 4.69) is 35.0 Å². The van der Waals surface area contributed by atoms with Crippen molar-refractivity contribution in [3.8, 4) is 11.5 Å². The van der Waals surface area contributed by atoms with Gasteiger partial charge in [-0.2, -0.15) is 0 Å². The maximum atomic E-state index is 5.61. The first-order valence-corrected chi connectivity index (χ1v) is 7.18. The van der Waals surface area contributed by atoms with Crippen molar-refractivity contribution in [3.05, 3.63) is 23.8 Å². The average Bonchev–Trinajstić information content (AvgIpc) is 2.32. The van der Waals surface area contributed by atoms with Crippen LogP contribution < -0.4 is 9.47 Å². The molecule has 1 aromatic rings. The monoisotopic (exact) mass is 300 g/mol. The van der Waals surface area contributed by atoms with E-state index < -0.39 is 0 Å². The molecule has 0 aliphatic carbocycles. The lowest BCUT2D eigenvalue weighted by Gasteiger charge is -2.14. The SMILES string of the molecule is CCCC(Br)c1ccc(OCC)c(OCC)c1. The number of hydrogen-bond acceptors (Lipinski definition) is 2. The second-order valence-electron chi connectivity index (χ2n) is 3.83. The largest absolute Gasteiger partial charge is 0.490 e. The molecule has 0 aliphatic rings. The van der Waals surface area contributed by atoms with Gasteiger partial charge in [0.25, 0.3) is 0 Å². The molecule has 96 valence electrons. The molecule has 0 amide bonds. The Hall–Kier alpha value is -0.700. The van der Waals surface area contributed by atoms with Crippen molar-refractivity contribution in [2.75, 3.05) is 13.2 Å². The van der Waals surface area contributed by atoms with Gasteiger partial charge in [-0.15, -0.1) is 0 Å². The summed E-state index contributed by atoms with van der Waals surface area (Å²) in [7, 11) is 0. The van der Waals surface area contributed by atoms with Crippen LogP contribution in [0.5, 0.6) is 11.5 Å². The Labute approximate surface area is 112 Å². The highest BCUT2D eigenvalue weighted by Crippen LogP contribution is 2.35. The zero-order valence-corrected chi connectivity index (χ0v) is 12.4. The van der Waals surface area contributed by atoms with Crippen molar-refractivity contribution in [2.24, 2.45) is 0 Å². The van der Waals surface area contributed by atoms with Crippen molar-refractivity contribution < 1.29 is 9.47 Å². The van der Waals surface area contributed by atoms with Gasteiger partial charge in [-0.3, -0.25) is 0 Å². The van der Waals surface area contributed by atoms with E-state index >= 15 is 0 Å². The smallest absolute Gasteiger partial charge is 0.161 e. The summed E-state index contributed by atoms with van der Waals surface area (Å²) in [5.41, 5.74) is 1.25. The highest BCUT2D eigenvalue weighted by atomic mass is 79.9. The van der Waals surface area contributed by atoms with Gasteiger partial charge in [0.2, 0.25) is 0 Å². The van der Waals surface area contributed by atoms with Crippen molar-refractivity contribution in [1.29, 1.82) is 0 Å². The second kappa shape index (κ2) is 7.59. The van der Waals surface area contributed by atoms with Gasteiger partial charge in [-0.25, -0.2) is 0 Å². The minimum Gasteiger partial charge on any atom is -0.490 e. The molecule has 0 aliphatic heterocycles. The number of rotatable bonds is 7. The number of ether oxygens (including phenoxy) is 2. The molecule has 0 aromatic heterocycles. The summed E-state index contributed by atoms with van der Waals surface area (Å²) in [4.78, 5) is 0.391. The van der Waals surface area contributed by atoms with Crippen LogP contribution in [0.15, 0.2) is 18.2 Å². The van der Waals surface area contributed by atoms with Crippen LogP contribution in [-0.4, -0.2) is 13.2 Å². The lowest BCUT2D eigenvalue weighted by Crippen LogP contribution is -2.00. The van der Waals surface area contributed by atoms with Crippen molar-refractivity contribution in [2.45, 2.75) is 38.4 Å². The van der Waals surface area contributed by atoms with Crippen LogP contribution in [0.2, 0.25) is 0 Å². The van der Waals surface area contributed by atoms with Crippen LogP contribution in [-0.2, 0) is 0 Å². The van der Waals surface area contributed by atoms with E-state index in [0.717, 1.165) is 24.3 Å².